The first-order chi connectivity index (χ1) is 7.00. The van der Waals surface area contributed by atoms with Crippen LogP contribution in [0.15, 0.2) is 21.3 Å². The zero-order valence-electron chi connectivity index (χ0n) is 8.18. The van der Waals surface area contributed by atoms with Crippen LogP contribution in [0.1, 0.15) is 5.56 Å². The van der Waals surface area contributed by atoms with E-state index in [9.17, 15) is 14.9 Å². The zero-order chi connectivity index (χ0) is 11.2. The van der Waals surface area contributed by atoms with E-state index < -0.39 is 10.7 Å². The molecule has 0 amide bonds. The maximum absolute atomic E-state index is 11.2. The SMILES string of the molecule is Cc1cc2c(cc1[N+](=O)[O-])oc(=O)n2C. The summed E-state index contributed by atoms with van der Waals surface area (Å²) < 4.78 is 6.16. The molecule has 15 heavy (non-hydrogen) atoms. The molecule has 0 N–H and O–H groups in total. The van der Waals surface area contributed by atoms with Gasteiger partial charge in [-0.2, -0.15) is 0 Å². The number of nitrogens with zero attached hydrogens (tertiary/aromatic N) is 2. The van der Waals surface area contributed by atoms with Crippen molar-refractivity contribution >= 4 is 16.8 Å². The Morgan fingerprint density at radius 2 is 2.13 bits per heavy atom. The van der Waals surface area contributed by atoms with E-state index in [2.05, 4.69) is 0 Å². The lowest BCUT2D eigenvalue weighted by molar-refractivity contribution is -0.385. The van der Waals surface area contributed by atoms with Gasteiger partial charge in [0.05, 0.1) is 16.5 Å². The summed E-state index contributed by atoms with van der Waals surface area (Å²) in [5, 5.41) is 10.6. The first kappa shape index (κ1) is 9.45. The maximum atomic E-state index is 11.2. The summed E-state index contributed by atoms with van der Waals surface area (Å²) in [6.07, 6.45) is 0. The molecule has 0 atom stereocenters. The van der Waals surface area contributed by atoms with Crippen molar-refractivity contribution in [2.75, 3.05) is 0 Å². The highest BCUT2D eigenvalue weighted by atomic mass is 16.6. The van der Waals surface area contributed by atoms with Gasteiger partial charge in [0.2, 0.25) is 0 Å². The number of hydrogen-bond acceptors (Lipinski definition) is 4. The van der Waals surface area contributed by atoms with Crippen LogP contribution < -0.4 is 5.76 Å². The molecule has 0 bridgehead atoms. The van der Waals surface area contributed by atoms with Crippen LogP contribution in [0.4, 0.5) is 5.69 Å². The van der Waals surface area contributed by atoms with Gasteiger partial charge in [-0.05, 0) is 13.0 Å². The Morgan fingerprint density at radius 3 is 2.73 bits per heavy atom. The minimum atomic E-state index is -0.523. The lowest BCUT2D eigenvalue weighted by Crippen LogP contribution is -2.08. The van der Waals surface area contributed by atoms with E-state index >= 15 is 0 Å². The van der Waals surface area contributed by atoms with Gasteiger partial charge in [0.25, 0.3) is 5.69 Å². The predicted molar refractivity (Wildman–Crippen MR) is 52.8 cm³/mol. The fourth-order valence-electron chi connectivity index (χ4n) is 1.46. The van der Waals surface area contributed by atoms with E-state index in [0.717, 1.165) is 0 Å². The standard InChI is InChI=1S/C9H8N2O4/c1-5-3-7-8(4-6(5)11(13)14)15-9(12)10(7)2/h3-4H,1-2H3. The van der Waals surface area contributed by atoms with Gasteiger partial charge in [0.1, 0.15) is 0 Å². The average molecular weight is 208 g/mol. The van der Waals surface area contributed by atoms with E-state index in [4.69, 9.17) is 4.42 Å². The Balaban J connectivity index is 2.88. The van der Waals surface area contributed by atoms with Gasteiger partial charge in [0, 0.05) is 12.6 Å². The van der Waals surface area contributed by atoms with Gasteiger partial charge in [-0.25, -0.2) is 4.79 Å². The van der Waals surface area contributed by atoms with Crippen LogP contribution in [0.3, 0.4) is 0 Å². The molecule has 2 rings (SSSR count). The van der Waals surface area contributed by atoms with E-state index in [1.807, 2.05) is 0 Å². The van der Waals surface area contributed by atoms with Crippen LogP contribution in [-0.4, -0.2) is 9.49 Å². The third kappa shape index (κ3) is 1.30. The van der Waals surface area contributed by atoms with Crippen LogP contribution >= 0.6 is 0 Å². The molecular formula is C9H8N2O4. The van der Waals surface area contributed by atoms with E-state index in [-0.39, 0.29) is 11.3 Å². The highest BCUT2D eigenvalue weighted by Crippen LogP contribution is 2.24. The second-order valence-corrected chi connectivity index (χ2v) is 3.29. The molecular weight excluding hydrogens is 200 g/mol. The van der Waals surface area contributed by atoms with Gasteiger partial charge in [-0.15, -0.1) is 0 Å². The van der Waals surface area contributed by atoms with Crippen molar-refractivity contribution in [1.29, 1.82) is 0 Å². The number of benzene rings is 1. The topological polar surface area (TPSA) is 78.3 Å². The number of oxazole rings is 1. The third-order valence-corrected chi connectivity index (χ3v) is 2.31. The average Bonchev–Trinajstić information content (AvgIpc) is 2.43. The molecule has 0 aliphatic carbocycles. The second kappa shape index (κ2) is 2.94. The normalized spacial score (nSPS) is 10.8. The van der Waals surface area contributed by atoms with Crippen molar-refractivity contribution in [3.05, 3.63) is 38.4 Å². The minimum Gasteiger partial charge on any atom is -0.407 e. The van der Waals surface area contributed by atoms with Crippen molar-refractivity contribution < 1.29 is 9.34 Å². The highest BCUT2D eigenvalue weighted by Gasteiger charge is 2.15. The Bertz CT molecular complexity index is 608. The largest absolute Gasteiger partial charge is 0.419 e. The van der Waals surface area contributed by atoms with Crippen LogP contribution in [0.5, 0.6) is 0 Å². The maximum Gasteiger partial charge on any atom is 0.419 e. The third-order valence-electron chi connectivity index (χ3n) is 2.31. The summed E-state index contributed by atoms with van der Waals surface area (Å²) in [6.45, 7) is 1.62. The number of nitro groups is 1. The molecule has 0 spiro atoms. The smallest absolute Gasteiger partial charge is 0.407 e. The molecule has 6 heteroatoms. The Morgan fingerprint density at radius 1 is 1.47 bits per heavy atom. The summed E-state index contributed by atoms with van der Waals surface area (Å²) in [4.78, 5) is 21.3. The van der Waals surface area contributed by atoms with Crippen LogP contribution in [0.2, 0.25) is 0 Å². The molecule has 0 unspecified atom stereocenters. The Labute approximate surface area is 83.9 Å². The fraction of sp³-hybridized carbons (Fsp3) is 0.222. The molecule has 1 heterocycles. The molecule has 0 saturated carbocycles. The molecule has 2 aromatic rings. The number of aromatic nitrogens is 1. The summed E-state index contributed by atoms with van der Waals surface area (Å²) >= 11 is 0. The van der Waals surface area contributed by atoms with Crippen molar-refractivity contribution in [1.82, 2.24) is 4.57 Å². The number of rotatable bonds is 1. The molecule has 0 aliphatic heterocycles. The zero-order valence-corrected chi connectivity index (χ0v) is 8.18. The number of nitro benzene ring substituents is 1. The first-order valence-electron chi connectivity index (χ1n) is 4.25. The van der Waals surface area contributed by atoms with Crippen molar-refractivity contribution in [2.24, 2.45) is 7.05 Å². The molecule has 6 nitrogen and oxygen atoms in total. The first-order valence-corrected chi connectivity index (χ1v) is 4.25. The Kier molecular flexibility index (Phi) is 1.85. The molecule has 0 fully saturated rings. The highest BCUT2D eigenvalue weighted by molar-refractivity contribution is 5.77. The summed E-state index contributed by atoms with van der Waals surface area (Å²) in [7, 11) is 1.56. The van der Waals surface area contributed by atoms with E-state index in [0.29, 0.717) is 11.1 Å². The van der Waals surface area contributed by atoms with Gasteiger partial charge < -0.3 is 4.42 Å². The van der Waals surface area contributed by atoms with Crippen LogP contribution in [0.25, 0.3) is 11.1 Å². The van der Waals surface area contributed by atoms with E-state index in [1.54, 1.807) is 20.0 Å². The van der Waals surface area contributed by atoms with Gasteiger partial charge in [-0.3, -0.25) is 14.7 Å². The van der Waals surface area contributed by atoms with E-state index in [1.165, 1.54) is 10.6 Å². The molecule has 0 saturated heterocycles. The monoisotopic (exact) mass is 208 g/mol. The second-order valence-electron chi connectivity index (χ2n) is 3.29. The lowest BCUT2D eigenvalue weighted by Gasteiger charge is -1.96. The lowest BCUT2D eigenvalue weighted by atomic mass is 10.2. The van der Waals surface area contributed by atoms with Crippen molar-refractivity contribution in [3.63, 3.8) is 0 Å². The quantitative estimate of drug-likeness (QED) is 0.523. The fourth-order valence-corrected chi connectivity index (χ4v) is 1.46. The van der Waals surface area contributed by atoms with Gasteiger partial charge >= 0.3 is 5.76 Å². The number of aryl methyl sites for hydroxylation is 2. The van der Waals surface area contributed by atoms with Gasteiger partial charge in [-0.1, -0.05) is 0 Å². The van der Waals surface area contributed by atoms with Gasteiger partial charge in [0.15, 0.2) is 5.58 Å². The molecule has 1 aromatic carbocycles. The summed E-state index contributed by atoms with van der Waals surface area (Å²) in [5.41, 5.74) is 1.25. The molecule has 0 aliphatic rings. The molecule has 0 radical (unpaired) electrons. The minimum absolute atomic E-state index is 0.0446. The summed E-state index contributed by atoms with van der Waals surface area (Å²) in [5.74, 6) is -0.523. The predicted octanol–water partition coefficient (Wildman–Crippen LogP) is 1.35. The summed E-state index contributed by atoms with van der Waals surface area (Å²) in [6, 6.07) is 2.84. The van der Waals surface area contributed by atoms with Crippen LogP contribution in [-0.2, 0) is 7.05 Å². The van der Waals surface area contributed by atoms with Crippen molar-refractivity contribution in [2.45, 2.75) is 6.92 Å². The van der Waals surface area contributed by atoms with Crippen LogP contribution in [0, 0.1) is 17.0 Å². The Hall–Kier alpha value is -2.11. The number of fused-ring (bicyclic) bond motifs is 1. The number of hydrogen-bond donors (Lipinski definition) is 0. The molecule has 1 aromatic heterocycles. The van der Waals surface area contributed by atoms with Crippen molar-refractivity contribution in [3.8, 4) is 0 Å². The molecule has 78 valence electrons.